The Balaban J connectivity index is 2.43. The molecule has 0 saturated heterocycles. The van der Waals surface area contributed by atoms with Gasteiger partial charge in [-0.25, -0.2) is 9.78 Å². The molecule has 8 heteroatoms. The molecule has 0 fully saturated rings. The van der Waals surface area contributed by atoms with Gasteiger partial charge in [-0.1, -0.05) is 0 Å². The van der Waals surface area contributed by atoms with Crippen LogP contribution in [-0.2, 0) is 0 Å². The molecule has 6 nitrogen and oxygen atoms in total. The van der Waals surface area contributed by atoms with Crippen molar-refractivity contribution in [1.29, 1.82) is 0 Å². The van der Waals surface area contributed by atoms with Gasteiger partial charge in [0.1, 0.15) is 5.82 Å². The van der Waals surface area contributed by atoms with Crippen LogP contribution in [0.15, 0.2) is 10.7 Å². The quantitative estimate of drug-likeness (QED) is 0.580. The first-order valence-corrected chi connectivity index (χ1v) is 5.15. The number of carbonyl (C=O) groups is 1. The van der Waals surface area contributed by atoms with E-state index in [1.54, 1.807) is 0 Å². The van der Waals surface area contributed by atoms with E-state index in [2.05, 4.69) is 36.5 Å². The highest BCUT2D eigenvalue weighted by molar-refractivity contribution is 9.10. The van der Waals surface area contributed by atoms with Crippen LogP contribution in [0.4, 0.5) is 10.6 Å². The second kappa shape index (κ2) is 5.72. The highest BCUT2D eigenvalue weighted by atomic mass is 79.9. The molecule has 15 heavy (non-hydrogen) atoms. The van der Waals surface area contributed by atoms with Crippen molar-refractivity contribution in [2.75, 3.05) is 18.4 Å². The number of nitrogens with one attached hydrogen (secondary N) is 2. The minimum Gasteiger partial charge on any atom is -0.465 e. The minimum atomic E-state index is -1.06. The predicted octanol–water partition coefficient (Wildman–Crippen LogP) is 1.57. The molecule has 0 aromatic carbocycles. The van der Waals surface area contributed by atoms with Crippen molar-refractivity contribution in [3.8, 4) is 0 Å². The van der Waals surface area contributed by atoms with E-state index in [1.807, 2.05) is 0 Å². The van der Waals surface area contributed by atoms with Crippen LogP contribution in [0.3, 0.4) is 0 Å². The van der Waals surface area contributed by atoms with E-state index in [1.165, 1.54) is 6.20 Å². The molecule has 0 bridgehead atoms. The molecule has 0 spiro atoms. The summed E-state index contributed by atoms with van der Waals surface area (Å²) in [5, 5.41) is 13.6. The number of rotatable bonds is 4. The minimum absolute atomic E-state index is 0.131. The molecule has 0 radical (unpaired) electrons. The number of halogens is 2. The normalized spacial score (nSPS) is 9.73. The van der Waals surface area contributed by atoms with E-state index in [-0.39, 0.29) is 11.8 Å². The first-order chi connectivity index (χ1) is 7.09. The molecule has 0 aliphatic carbocycles. The number of anilines is 1. The van der Waals surface area contributed by atoms with Gasteiger partial charge in [-0.15, -0.1) is 0 Å². The summed E-state index contributed by atoms with van der Waals surface area (Å²) in [5.74, 6) is 0.530. The number of hydrogen-bond donors (Lipinski definition) is 3. The van der Waals surface area contributed by atoms with Crippen LogP contribution in [-0.4, -0.2) is 34.3 Å². The first kappa shape index (κ1) is 12.0. The van der Waals surface area contributed by atoms with E-state index >= 15 is 0 Å². The third kappa shape index (κ3) is 4.30. The summed E-state index contributed by atoms with van der Waals surface area (Å²) in [5.41, 5.74) is 0. The maximum absolute atomic E-state index is 10.1. The van der Waals surface area contributed by atoms with Crippen LogP contribution in [0.5, 0.6) is 0 Å². The summed E-state index contributed by atoms with van der Waals surface area (Å²) in [6, 6.07) is 0. The lowest BCUT2D eigenvalue weighted by atomic mass is 10.5. The van der Waals surface area contributed by atoms with Crippen molar-refractivity contribution >= 4 is 39.4 Å². The standard InChI is InChI=1S/C7H8BrClN4O2/c8-4-3-12-6(9)13-5(4)10-1-2-11-7(14)15/h3,11H,1-2H2,(H,14,15)(H,10,12,13). The molecule has 1 rings (SSSR count). The molecular weight excluding hydrogens is 287 g/mol. The molecular formula is C7H8BrClN4O2. The lowest BCUT2D eigenvalue weighted by Crippen LogP contribution is -2.27. The predicted molar refractivity (Wildman–Crippen MR) is 59.3 cm³/mol. The Morgan fingerprint density at radius 1 is 1.60 bits per heavy atom. The SMILES string of the molecule is O=C(O)NCCNc1nc(Cl)ncc1Br. The molecule has 0 aliphatic rings. The average molecular weight is 296 g/mol. The van der Waals surface area contributed by atoms with Crippen LogP contribution in [0.2, 0.25) is 5.28 Å². The molecule has 1 amide bonds. The zero-order valence-corrected chi connectivity index (χ0v) is 9.84. The molecule has 3 N–H and O–H groups in total. The molecule has 0 aliphatic heterocycles. The average Bonchev–Trinajstić information content (AvgIpc) is 2.17. The molecule has 0 saturated carbocycles. The highest BCUT2D eigenvalue weighted by Gasteiger charge is 2.02. The van der Waals surface area contributed by atoms with E-state index in [9.17, 15) is 4.79 Å². The van der Waals surface area contributed by atoms with Gasteiger partial charge in [0.15, 0.2) is 0 Å². The van der Waals surface area contributed by atoms with Crippen molar-refractivity contribution in [2.45, 2.75) is 0 Å². The van der Waals surface area contributed by atoms with Gasteiger partial charge < -0.3 is 15.7 Å². The van der Waals surface area contributed by atoms with Crippen LogP contribution in [0, 0.1) is 0 Å². The number of nitrogens with zero attached hydrogens (tertiary/aromatic N) is 2. The van der Waals surface area contributed by atoms with Crippen LogP contribution >= 0.6 is 27.5 Å². The van der Waals surface area contributed by atoms with Crippen molar-refractivity contribution in [2.24, 2.45) is 0 Å². The second-order valence-electron chi connectivity index (χ2n) is 2.49. The van der Waals surface area contributed by atoms with Crippen molar-refractivity contribution in [1.82, 2.24) is 15.3 Å². The molecule has 0 unspecified atom stereocenters. The van der Waals surface area contributed by atoms with E-state index in [0.717, 1.165) is 0 Å². The fraction of sp³-hybridized carbons (Fsp3) is 0.286. The number of aromatic nitrogens is 2. The largest absolute Gasteiger partial charge is 0.465 e. The summed E-state index contributed by atoms with van der Waals surface area (Å²) >= 11 is 8.82. The molecule has 0 atom stereocenters. The Labute approximate surface area is 99.2 Å². The third-order valence-electron chi connectivity index (χ3n) is 1.41. The van der Waals surface area contributed by atoms with Gasteiger partial charge in [-0.3, -0.25) is 0 Å². The maximum Gasteiger partial charge on any atom is 0.404 e. The summed E-state index contributed by atoms with van der Waals surface area (Å²) in [6.07, 6.45) is 0.457. The van der Waals surface area contributed by atoms with Crippen LogP contribution in [0.25, 0.3) is 0 Å². The Hall–Kier alpha value is -1.08. The van der Waals surface area contributed by atoms with Crippen LogP contribution in [0.1, 0.15) is 0 Å². The first-order valence-electron chi connectivity index (χ1n) is 3.98. The van der Waals surface area contributed by atoms with Crippen LogP contribution < -0.4 is 10.6 Å². The fourth-order valence-electron chi connectivity index (χ4n) is 0.820. The van der Waals surface area contributed by atoms with Gasteiger partial charge in [-0.2, -0.15) is 4.98 Å². The number of hydrogen-bond acceptors (Lipinski definition) is 4. The molecule has 1 aromatic heterocycles. The van der Waals surface area contributed by atoms with Gasteiger partial charge in [0.25, 0.3) is 0 Å². The Bertz CT molecular complexity index is 363. The molecule has 82 valence electrons. The number of amides is 1. The van der Waals surface area contributed by atoms with Crippen molar-refractivity contribution in [3.05, 3.63) is 16.0 Å². The summed E-state index contributed by atoms with van der Waals surface area (Å²) in [6.45, 7) is 0.696. The van der Waals surface area contributed by atoms with Gasteiger partial charge in [0, 0.05) is 19.3 Å². The maximum atomic E-state index is 10.1. The van der Waals surface area contributed by atoms with E-state index in [0.29, 0.717) is 16.8 Å². The second-order valence-corrected chi connectivity index (χ2v) is 3.69. The third-order valence-corrected chi connectivity index (χ3v) is 2.17. The Morgan fingerprint density at radius 2 is 2.33 bits per heavy atom. The summed E-state index contributed by atoms with van der Waals surface area (Å²) in [4.78, 5) is 17.8. The van der Waals surface area contributed by atoms with Gasteiger partial charge >= 0.3 is 6.09 Å². The van der Waals surface area contributed by atoms with Gasteiger partial charge in [0.05, 0.1) is 4.47 Å². The van der Waals surface area contributed by atoms with Gasteiger partial charge in [0.2, 0.25) is 5.28 Å². The molecule has 1 aromatic rings. The number of carboxylic acid groups (broad SMARTS) is 1. The lowest BCUT2D eigenvalue weighted by Gasteiger charge is -2.06. The zero-order chi connectivity index (χ0) is 11.3. The molecule has 1 heterocycles. The fourth-order valence-corrected chi connectivity index (χ4v) is 1.28. The Morgan fingerprint density at radius 3 is 3.00 bits per heavy atom. The van der Waals surface area contributed by atoms with E-state index in [4.69, 9.17) is 16.7 Å². The summed E-state index contributed by atoms with van der Waals surface area (Å²) in [7, 11) is 0. The Kier molecular flexibility index (Phi) is 4.57. The summed E-state index contributed by atoms with van der Waals surface area (Å²) < 4.78 is 0.669. The van der Waals surface area contributed by atoms with Crippen molar-refractivity contribution < 1.29 is 9.90 Å². The zero-order valence-electron chi connectivity index (χ0n) is 7.50. The highest BCUT2D eigenvalue weighted by Crippen LogP contribution is 2.19. The topological polar surface area (TPSA) is 87.1 Å². The van der Waals surface area contributed by atoms with Gasteiger partial charge in [-0.05, 0) is 27.5 Å². The lowest BCUT2D eigenvalue weighted by molar-refractivity contribution is 0.195. The van der Waals surface area contributed by atoms with E-state index < -0.39 is 6.09 Å². The smallest absolute Gasteiger partial charge is 0.404 e. The van der Waals surface area contributed by atoms with Crippen molar-refractivity contribution in [3.63, 3.8) is 0 Å². The monoisotopic (exact) mass is 294 g/mol.